The molecule has 2 fully saturated rings. The molecule has 1 aromatic rings. The van der Waals surface area contributed by atoms with Crippen LogP contribution in [0.15, 0.2) is 18.2 Å². The molecule has 2 saturated heterocycles. The number of anilines is 2. The highest BCUT2D eigenvalue weighted by Gasteiger charge is 2.44. The van der Waals surface area contributed by atoms with Crippen LogP contribution < -0.4 is 15.1 Å². The summed E-state index contributed by atoms with van der Waals surface area (Å²) in [6.45, 7) is 5.78. The molecule has 2 aliphatic rings. The SMILES string of the molecule is COC1C(C)N(c2ccc(N3C(=O)OCC3CNC(C)=O)cc2F)C1C. The van der Waals surface area contributed by atoms with Crippen LogP contribution in [0.2, 0.25) is 0 Å². The van der Waals surface area contributed by atoms with Crippen molar-refractivity contribution in [1.29, 1.82) is 0 Å². The summed E-state index contributed by atoms with van der Waals surface area (Å²) in [7, 11) is 1.66. The van der Waals surface area contributed by atoms with E-state index in [1.165, 1.54) is 17.9 Å². The lowest BCUT2D eigenvalue weighted by atomic mass is 9.90. The molecule has 0 radical (unpaired) electrons. The smallest absolute Gasteiger partial charge is 0.414 e. The summed E-state index contributed by atoms with van der Waals surface area (Å²) in [5.41, 5.74) is 0.890. The van der Waals surface area contributed by atoms with Gasteiger partial charge in [-0.1, -0.05) is 0 Å². The van der Waals surface area contributed by atoms with Crippen molar-refractivity contribution in [3.8, 4) is 0 Å². The maximum absolute atomic E-state index is 14.8. The van der Waals surface area contributed by atoms with E-state index in [2.05, 4.69) is 5.32 Å². The number of ether oxygens (including phenoxy) is 2. The molecular weight excluding hydrogens is 341 g/mol. The molecule has 0 spiro atoms. The van der Waals surface area contributed by atoms with Crippen molar-refractivity contribution in [2.24, 2.45) is 0 Å². The van der Waals surface area contributed by atoms with Gasteiger partial charge >= 0.3 is 6.09 Å². The number of nitrogens with one attached hydrogen (secondary N) is 1. The Kier molecular flexibility index (Phi) is 5.04. The third kappa shape index (κ3) is 3.09. The van der Waals surface area contributed by atoms with Gasteiger partial charge in [-0.2, -0.15) is 0 Å². The zero-order valence-corrected chi connectivity index (χ0v) is 15.4. The van der Waals surface area contributed by atoms with E-state index < -0.39 is 11.9 Å². The Bertz CT molecular complexity index is 704. The Morgan fingerprint density at radius 3 is 2.65 bits per heavy atom. The highest BCUT2D eigenvalue weighted by atomic mass is 19.1. The first kappa shape index (κ1) is 18.4. The van der Waals surface area contributed by atoms with Gasteiger partial charge in [0.05, 0.1) is 35.6 Å². The number of halogens is 1. The fraction of sp³-hybridized carbons (Fsp3) is 0.556. The molecule has 0 bridgehead atoms. The maximum Gasteiger partial charge on any atom is 0.414 e. The highest BCUT2D eigenvalue weighted by Crippen LogP contribution is 2.37. The predicted octanol–water partition coefficient (Wildman–Crippen LogP) is 1.90. The largest absolute Gasteiger partial charge is 0.447 e. The normalized spacial score (nSPS) is 28.0. The van der Waals surface area contributed by atoms with Gasteiger partial charge in [0, 0.05) is 20.6 Å². The van der Waals surface area contributed by atoms with Crippen LogP contribution in [0, 0.1) is 5.82 Å². The van der Waals surface area contributed by atoms with Crippen LogP contribution in [-0.4, -0.2) is 56.5 Å². The Balaban J connectivity index is 1.80. The van der Waals surface area contributed by atoms with Crippen LogP contribution in [0.4, 0.5) is 20.6 Å². The number of nitrogens with zero attached hydrogens (tertiary/aromatic N) is 2. The standard InChI is InChI=1S/C18H24FN3O4/c1-10-17(25-4)11(2)21(10)16-6-5-13(7-15(16)19)22-14(8-20-12(3)23)9-26-18(22)24/h5-7,10-11,14,17H,8-9H2,1-4H3,(H,20,23). The summed E-state index contributed by atoms with van der Waals surface area (Å²) < 4.78 is 25.3. The summed E-state index contributed by atoms with van der Waals surface area (Å²) >= 11 is 0. The molecule has 142 valence electrons. The van der Waals surface area contributed by atoms with Gasteiger partial charge in [-0.25, -0.2) is 9.18 Å². The molecule has 7 nitrogen and oxygen atoms in total. The lowest BCUT2D eigenvalue weighted by Crippen LogP contribution is -2.66. The molecule has 0 aromatic heterocycles. The molecule has 2 heterocycles. The van der Waals surface area contributed by atoms with E-state index in [-0.39, 0.29) is 43.3 Å². The van der Waals surface area contributed by atoms with Gasteiger partial charge in [0.25, 0.3) is 0 Å². The van der Waals surface area contributed by atoms with Gasteiger partial charge in [0.1, 0.15) is 12.4 Å². The molecule has 1 aromatic carbocycles. The zero-order chi connectivity index (χ0) is 19.0. The lowest BCUT2D eigenvalue weighted by molar-refractivity contribution is -0.119. The van der Waals surface area contributed by atoms with Gasteiger partial charge in [-0.3, -0.25) is 9.69 Å². The first-order valence-corrected chi connectivity index (χ1v) is 8.66. The number of amides is 2. The third-order valence-corrected chi connectivity index (χ3v) is 5.14. The molecule has 3 rings (SSSR count). The summed E-state index contributed by atoms with van der Waals surface area (Å²) in [6, 6.07) is 4.48. The Hall–Kier alpha value is -2.35. The molecule has 2 aliphatic heterocycles. The van der Waals surface area contributed by atoms with E-state index >= 15 is 0 Å². The number of hydrogen-bond acceptors (Lipinski definition) is 5. The van der Waals surface area contributed by atoms with E-state index in [0.29, 0.717) is 11.4 Å². The molecule has 26 heavy (non-hydrogen) atoms. The number of carbonyl (C=O) groups excluding carboxylic acids is 2. The second-order valence-electron chi connectivity index (χ2n) is 6.76. The second-order valence-corrected chi connectivity index (χ2v) is 6.76. The fourth-order valence-corrected chi connectivity index (χ4v) is 3.87. The molecule has 0 saturated carbocycles. The van der Waals surface area contributed by atoms with Crippen molar-refractivity contribution in [3.05, 3.63) is 24.0 Å². The van der Waals surface area contributed by atoms with E-state index in [9.17, 15) is 14.0 Å². The van der Waals surface area contributed by atoms with Gasteiger partial charge in [-0.15, -0.1) is 0 Å². The van der Waals surface area contributed by atoms with Crippen LogP contribution in [0.25, 0.3) is 0 Å². The summed E-state index contributed by atoms with van der Waals surface area (Å²) in [5, 5.41) is 2.66. The van der Waals surface area contributed by atoms with Crippen LogP contribution in [0.5, 0.6) is 0 Å². The zero-order valence-electron chi connectivity index (χ0n) is 15.4. The summed E-state index contributed by atoms with van der Waals surface area (Å²) in [6.07, 6.45) is -0.484. The number of benzene rings is 1. The van der Waals surface area contributed by atoms with Crippen molar-refractivity contribution in [1.82, 2.24) is 5.32 Å². The molecule has 3 unspecified atom stereocenters. The minimum Gasteiger partial charge on any atom is -0.447 e. The fourth-order valence-electron chi connectivity index (χ4n) is 3.87. The van der Waals surface area contributed by atoms with E-state index in [1.807, 2.05) is 18.7 Å². The van der Waals surface area contributed by atoms with Gasteiger partial charge in [-0.05, 0) is 32.0 Å². The van der Waals surface area contributed by atoms with E-state index in [1.54, 1.807) is 19.2 Å². The van der Waals surface area contributed by atoms with Gasteiger partial charge in [0.15, 0.2) is 0 Å². The first-order chi connectivity index (χ1) is 12.3. The molecule has 8 heteroatoms. The first-order valence-electron chi connectivity index (χ1n) is 8.66. The molecule has 3 atom stereocenters. The average molecular weight is 365 g/mol. The van der Waals surface area contributed by atoms with Crippen LogP contribution in [-0.2, 0) is 14.3 Å². The number of methoxy groups -OCH3 is 1. The van der Waals surface area contributed by atoms with Crippen molar-refractivity contribution in [3.63, 3.8) is 0 Å². The number of rotatable bonds is 5. The molecule has 2 amide bonds. The lowest BCUT2D eigenvalue weighted by Gasteiger charge is -2.53. The van der Waals surface area contributed by atoms with E-state index in [4.69, 9.17) is 9.47 Å². The monoisotopic (exact) mass is 365 g/mol. The van der Waals surface area contributed by atoms with Crippen molar-refractivity contribution in [2.45, 2.75) is 45.0 Å². The average Bonchev–Trinajstić information content (AvgIpc) is 2.96. The highest BCUT2D eigenvalue weighted by molar-refractivity contribution is 5.90. The second kappa shape index (κ2) is 7.11. The van der Waals surface area contributed by atoms with Crippen molar-refractivity contribution in [2.75, 3.05) is 30.1 Å². The van der Waals surface area contributed by atoms with Crippen LogP contribution >= 0.6 is 0 Å². The Labute approximate surface area is 152 Å². The van der Waals surface area contributed by atoms with E-state index in [0.717, 1.165) is 0 Å². The Morgan fingerprint density at radius 2 is 2.08 bits per heavy atom. The number of carbonyl (C=O) groups is 2. The molecule has 1 N–H and O–H groups in total. The topological polar surface area (TPSA) is 71.1 Å². The minimum atomic E-state index is -0.544. The van der Waals surface area contributed by atoms with Crippen molar-refractivity contribution < 1.29 is 23.5 Å². The maximum atomic E-state index is 14.8. The van der Waals surface area contributed by atoms with Gasteiger partial charge < -0.3 is 19.7 Å². The van der Waals surface area contributed by atoms with Crippen LogP contribution in [0.1, 0.15) is 20.8 Å². The summed E-state index contributed by atoms with van der Waals surface area (Å²) in [4.78, 5) is 26.5. The van der Waals surface area contributed by atoms with Crippen molar-refractivity contribution >= 4 is 23.4 Å². The number of cyclic esters (lactones) is 1. The van der Waals surface area contributed by atoms with Gasteiger partial charge in [0.2, 0.25) is 5.91 Å². The van der Waals surface area contributed by atoms with Crippen LogP contribution in [0.3, 0.4) is 0 Å². The quantitative estimate of drug-likeness (QED) is 0.863. The Morgan fingerprint density at radius 1 is 1.38 bits per heavy atom. The predicted molar refractivity (Wildman–Crippen MR) is 94.9 cm³/mol. The minimum absolute atomic E-state index is 0.0599. The summed E-state index contributed by atoms with van der Waals surface area (Å²) in [5.74, 6) is -0.604. The molecular formula is C18H24FN3O4. The third-order valence-electron chi connectivity index (χ3n) is 5.14. The molecule has 0 aliphatic carbocycles. The number of hydrogen-bond donors (Lipinski definition) is 1.